The number of carbonyl (C=O) groups is 2. The Morgan fingerprint density at radius 3 is 2.66 bits per heavy atom. The summed E-state index contributed by atoms with van der Waals surface area (Å²) in [4.78, 5) is 29.6. The molecule has 0 unspecified atom stereocenters. The number of anilines is 1. The summed E-state index contributed by atoms with van der Waals surface area (Å²) < 4.78 is 0. The Hall–Kier alpha value is -2.69. The standard InChI is InChI=1S/C24H31N3O2/c1-3-21-18(12-14-23(25)27-21)11-13-22(28)16(2)26-24(29)20-10-9-19(15-20)17-7-5-4-6-8-17/h4-8,12,14,16,19-20H,3,9-11,13,15H2,1-2H3,(H2,25,27)(H,26,29)/t16-,19+,20+/m0/s1. The van der Waals surface area contributed by atoms with Crippen molar-refractivity contribution in [1.82, 2.24) is 10.3 Å². The number of nitrogen functional groups attached to an aromatic ring is 1. The highest BCUT2D eigenvalue weighted by Gasteiger charge is 2.31. The second kappa shape index (κ2) is 9.68. The summed E-state index contributed by atoms with van der Waals surface area (Å²) in [5.41, 5.74) is 9.03. The summed E-state index contributed by atoms with van der Waals surface area (Å²) in [6.07, 6.45) is 4.54. The van der Waals surface area contributed by atoms with E-state index in [-0.39, 0.29) is 17.6 Å². The number of rotatable bonds is 8. The van der Waals surface area contributed by atoms with E-state index in [1.807, 2.05) is 31.2 Å². The van der Waals surface area contributed by atoms with E-state index in [1.54, 1.807) is 13.0 Å². The van der Waals surface area contributed by atoms with Gasteiger partial charge in [0.2, 0.25) is 5.91 Å². The van der Waals surface area contributed by atoms with Crippen LogP contribution in [-0.2, 0) is 22.4 Å². The van der Waals surface area contributed by atoms with Gasteiger partial charge in [-0.15, -0.1) is 0 Å². The van der Waals surface area contributed by atoms with Crippen LogP contribution in [0.2, 0.25) is 0 Å². The molecule has 0 radical (unpaired) electrons. The van der Waals surface area contributed by atoms with Gasteiger partial charge in [-0.25, -0.2) is 4.98 Å². The molecule has 154 valence electrons. The van der Waals surface area contributed by atoms with E-state index >= 15 is 0 Å². The van der Waals surface area contributed by atoms with Gasteiger partial charge in [-0.1, -0.05) is 43.3 Å². The number of Topliss-reactive ketones (excluding diaryl/α,β-unsaturated/α-hetero) is 1. The van der Waals surface area contributed by atoms with Gasteiger partial charge in [0.25, 0.3) is 0 Å². The molecule has 1 aliphatic rings. The molecular weight excluding hydrogens is 362 g/mol. The fraction of sp³-hybridized carbons (Fsp3) is 0.458. The Kier molecular flexibility index (Phi) is 7.02. The number of hydrogen-bond acceptors (Lipinski definition) is 4. The number of nitrogens with two attached hydrogens (primary N) is 1. The van der Waals surface area contributed by atoms with Gasteiger partial charge in [0, 0.05) is 18.0 Å². The van der Waals surface area contributed by atoms with Gasteiger partial charge in [-0.2, -0.15) is 0 Å². The minimum Gasteiger partial charge on any atom is -0.384 e. The Morgan fingerprint density at radius 1 is 1.17 bits per heavy atom. The molecule has 1 aromatic carbocycles. The highest BCUT2D eigenvalue weighted by atomic mass is 16.2. The Morgan fingerprint density at radius 2 is 1.93 bits per heavy atom. The quantitative estimate of drug-likeness (QED) is 0.714. The molecule has 5 heteroatoms. The van der Waals surface area contributed by atoms with Crippen molar-refractivity contribution in [3.05, 3.63) is 59.3 Å². The van der Waals surface area contributed by atoms with E-state index in [0.29, 0.717) is 24.6 Å². The minimum atomic E-state index is -0.468. The molecular formula is C24H31N3O2. The molecule has 1 aromatic heterocycles. The van der Waals surface area contributed by atoms with E-state index < -0.39 is 6.04 Å². The molecule has 3 rings (SSSR count). The van der Waals surface area contributed by atoms with Crippen molar-refractivity contribution in [2.24, 2.45) is 5.92 Å². The molecule has 1 fully saturated rings. The Labute approximate surface area is 173 Å². The van der Waals surface area contributed by atoms with Gasteiger partial charge in [0.15, 0.2) is 5.78 Å². The van der Waals surface area contributed by atoms with E-state index in [4.69, 9.17) is 5.73 Å². The number of benzene rings is 1. The molecule has 1 heterocycles. The molecule has 29 heavy (non-hydrogen) atoms. The Bertz CT molecular complexity index is 850. The lowest BCUT2D eigenvalue weighted by molar-refractivity contribution is -0.129. The number of nitrogens with one attached hydrogen (secondary N) is 1. The Balaban J connectivity index is 1.49. The maximum absolute atomic E-state index is 12.7. The molecule has 0 bridgehead atoms. The summed E-state index contributed by atoms with van der Waals surface area (Å²) in [5.74, 6) is 0.984. The minimum absolute atomic E-state index is 0.00711. The SMILES string of the molecule is CCc1nc(N)ccc1CCC(=O)[C@H](C)NC(=O)[C@@H]1CC[C@@H](c2ccccc2)C1. The van der Waals surface area contributed by atoms with E-state index in [0.717, 1.165) is 36.9 Å². The molecule has 1 aliphatic carbocycles. The van der Waals surface area contributed by atoms with Crippen LogP contribution in [0.1, 0.15) is 62.3 Å². The number of aromatic nitrogens is 1. The summed E-state index contributed by atoms with van der Waals surface area (Å²) in [7, 11) is 0. The number of hydrogen-bond donors (Lipinski definition) is 2. The zero-order chi connectivity index (χ0) is 20.8. The zero-order valence-electron chi connectivity index (χ0n) is 17.4. The lowest BCUT2D eigenvalue weighted by atomic mass is 9.96. The molecule has 1 amide bonds. The molecule has 0 saturated heterocycles. The zero-order valence-corrected chi connectivity index (χ0v) is 17.4. The molecule has 3 N–H and O–H groups in total. The van der Waals surface area contributed by atoms with Crippen molar-refractivity contribution in [1.29, 1.82) is 0 Å². The van der Waals surface area contributed by atoms with Crippen molar-refractivity contribution in [3.63, 3.8) is 0 Å². The normalized spacial score (nSPS) is 19.7. The third-order valence-corrected chi connectivity index (χ3v) is 5.98. The van der Waals surface area contributed by atoms with Crippen LogP contribution in [0, 0.1) is 5.92 Å². The number of carbonyl (C=O) groups excluding carboxylic acids is 2. The second-order valence-electron chi connectivity index (χ2n) is 8.01. The van der Waals surface area contributed by atoms with E-state index in [9.17, 15) is 9.59 Å². The van der Waals surface area contributed by atoms with Crippen LogP contribution in [0.25, 0.3) is 0 Å². The highest BCUT2D eigenvalue weighted by molar-refractivity contribution is 5.89. The van der Waals surface area contributed by atoms with Crippen molar-refractivity contribution >= 4 is 17.5 Å². The van der Waals surface area contributed by atoms with Gasteiger partial charge in [0.1, 0.15) is 5.82 Å². The van der Waals surface area contributed by atoms with Crippen LogP contribution in [0.5, 0.6) is 0 Å². The first-order chi connectivity index (χ1) is 14.0. The van der Waals surface area contributed by atoms with Crippen LogP contribution in [-0.4, -0.2) is 22.7 Å². The first kappa shape index (κ1) is 21.0. The summed E-state index contributed by atoms with van der Waals surface area (Å²) in [6.45, 7) is 3.81. The van der Waals surface area contributed by atoms with E-state index in [1.165, 1.54) is 5.56 Å². The van der Waals surface area contributed by atoms with Crippen molar-refractivity contribution in [2.45, 2.75) is 64.3 Å². The largest absolute Gasteiger partial charge is 0.384 e. The maximum Gasteiger partial charge on any atom is 0.223 e. The topological polar surface area (TPSA) is 85.1 Å². The highest BCUT2D eigenvalue weighted by Crippen LogP contribution is 2.38. The van der Waals surface area contributed by atoms with Crippen molar-refractivity contribution in [3.8, 4) is 0 Å². The van der Waals surface area contributed by atoms with E-state index in [2.05, 4.69) is 22.4 Å². The summed E-state index contributed by atoms with van der Waals surface area (Å²) in [6, 6.07) is 13.6. The fourth-order valence-corrected chi connectivity index (χ4v) is 4.21. The summed E-state index contributed by atoms with van der Waals surface area (Å²) >= 11 is 0. The number of pyridine rings is 1. The van der Waals surface area contributed by atoms with Gasteiger partial charge in [-0.3, -0.25) is 9.59 Å². The number of ketones is 1. The molecule has 3 atom stereocenters. The molecule has 0 aliphatic heterocycles. The van der Waals surface area contributed by atoms with Gasteiger partial charge >= 0.3 is 0 Å². The third kappa shape index (κ3) is 5.43. The number of amides is 1. The lowest BCUT2D eigenvalue weighted by Gasteiger charge is -2.17. The van der Waals surface area contributed by atoms with Crippen molar-refractivity contribution < 1.29 is 9.59 Å². The van der Waals surface area contributed by atoms with Gasteiger partial charge in [-0.05, 0) is 62.1 Å². The first-order valence-corrected chi connectivity index (χ1v) is 10.6. The second-order valence-corrected chi connectivity index (χ2v) is 8.01. The smallest absolute Gasteiger partial charge is 0.223 e. The van der Waals surface area contributed by atoms with Gasteiger partial charge in [0.05, 0.1) is 6.04 Å². The number of aryl methyl sites for hydroxylation is 2. The van der Waals surface area contributed by atoms with Crippen LogP contribution >= 0.6 is 0 Å². The maximum atomic E-state index is 12.7. The van der Waals surface area contributed by atoms with Crippen LogP contribution in [0.4, 0.5) is 5.82 Å². The molecule has 5 nitrogen and oxygen atoms in total. The van der Waals surface area contributed by atoms with Crippen LogP contribution < -0.4 is 11.1 Å². The molecule has 1 saturated carbocycles. The fourth-order valence-electron chi connectivity index (χ4n) is 4.21. The predicted molar refractivity (Wildman–Crippen MR) is 115 cm³/mol. The summed E-state index contributed by atoms with van der Waals surface area (Å²) in [5, 5.41) is 2.94. The lowest BCUT2D eigenvalue weighted by Crippen LogP contribution is -2.41. The average Bonchev–Trinajstić information content (AvgIpc) is 3.23. The van der Waals surface area contributed by atoms with Crippen LogP contribution in [0.3, 0.4) is 0 Å². The molecule has 0 spiro atoms. The first-order valence-electron chi connectivity index (χ1n) is 10.6. The average molecular weight is 394 g/mol. The van der Waals surface area contributed by atoms with Crippen LogP contribution in [0.15, 0.2) is 42.5 Å². The number of nitrogens with zero attached hydrogens (tertiary/aromatic N) is 1. The van der Waals surface area contributed by atoms with Crippen molar-refractivity contribution in [2.75, 3.05) is 5.73 Å². The molecule has 2 aromatic rings. The third-order valence-electron chi connectivity index (χ3n) is 5.98. The van der Waals surface area contributed by atoms with Gasteiger partial charge < -0.3 is 11.1 Å². The monoisotopic (exact) mass is 393 g/mol. The predicted octanol–water partition coefficient (Wildman–Crippen LogP) is 3.82.